The SMILES string of the molecule is Cc1cc(C)c([C@H](C)NC(=O)C(=O)NCc2ccc(Cl)cc2)cc1C. The van der Waals surface area contributed by atoms with Crippen LogP contribution in [-0.4, -0.2) is 11.8 Å². The van der Waals surface area contributed by atoms with E-state index >= 15 is 0 Å². The maximum absolute atomic E-state index is 12.1. The van der Waals surface area contributed by atoms with Crippen LogP contribution in [0.4, 0.5) is 0 Å². The number of carbonyl (C=O) groups is 2. The van der Waals surface area contributed by atoms with E-state index in [-0.39, 0.29) is 12.6 Å². The molecule has 0 aliphatic carbocycles. The number of hydrogen-bond acceptors (Lipinski definition) is 2. The van der Waals surface area contributed by atoms with Gasteiger partial charge in [0.25, 0.3) is 0 Å². The van der Waals surface area contributed by atoms with Gasteiger partial charge in [-0.2, -0.15) is 0 Å². The molecular weight excluding hydrogens is 336 g/mol. The molecule has 2 aromatic carbocycles. The molecule has 0 aromatic heterocycles. The van der Waals surface area contributed by atoms with E-state index in [4.69, 9.17) is 11.6 Å². The number of rotatable bonds is 4. The van der Waals surface area contributed by atoms with Crippen molar-refractivity contribution < 1.29 is 9.59 Å². The van der Waals surface area contributed by atoms with Crippen LogP contribution in [0.25, 0.3) is 0 Å². The van der Waals surface area contributed by atoms with E-state index < -0.39 is 11.8 Å². The first-order valence-electron chi connectivity index (χ1n) is 8.19. The standard InChI is InChI=1S/C20H23ClN2O2/c1-12-9-14(3)18(10-13(12)2)15(4)23-20(25)19(24)22-11-16-5-7-17(21)8-6-16/h5-10,15H,11H2,1-4H3,(H,22,24)(H,23,25)/t15-/m0/s1. The Balaban J connectivity index is 1.95. The number of amides is 2. The van der Waals surface area contributed by atoms with Crippen LogP contribution in [0.5, 0.6) is 0 Å². The van der Waals surface area contributed by atoms with Gasteiger partial charge >= 0.3 is 11.8 Å². The van der Waals surface area contributed by atoms with Gasteiger partial charge in [0.15, 0.2) is 0 Å². The van der Waals surface area contributed by atoms with Crippen LogP contribution in [0.3, 0.4) is 0 Å². The smallest absolute Gasteiger partial charge is 0.309 e. The zero-order chi connectivity index (χ0) is 18.6. The highest BCUT2D eigenvalue weighted by Gasteiger charge is 2.18. The lowest BCUT2D eigenvalue weighted by Crippen LogP contribution is -2.40. The lowest BCUT2D eigenvalue weighted by atomic mass is 9.96. The van der Waals surface area contributed by atoms with Crippen LogP contribution in [-0.2, 0) is 16.1 Å². The third-order valence-corrected chi connectivity index (χ3v) is 4.52. The van der Waals surface area contributed by atoms with Crippen molar-refractivity contribution in [3.63, 3.8) is 0 Å². The van der Waals surface area contributed by atoms with Crippen LogP contribution in [0, 0.1) is 20.8 Å². The van der Waals surface area contributed by atoms with Gasteiger partial charge in [-0.15, -0.1) is 0 Å². The first kappa shape index (κ1) is 19.0. The molecule has 0 saturated heterocycles. The number of aryl methyl sites for hydroxylation is 3. The second-order valence-electron chi connectivity index (χ2n) is 6.30. The van der Waals surface area contributed by atoms with E-state index in [0.29, 0.717) is 5.02 Å². The number of benzene rings is 2. The van der Waals surface area contributed by atoms with Gasteiger partial charge in [0, 0.05) is 11.6 Å². The predicted molar refractivity (Wildman–Crippen MR) is 101 cm³/mol. The first-order chi connectivity index (χ1) is 11.8. The molecule has 0 spiro atoms. The fourth-order valence-electron chi connectivity index (χ4n) is 2.65. The molecule has 0 unspecified atom stereocenters. The van der Waals surface area contributed by atoms with Crippen molar-refractivity contribution >= 4 is 23.4 Å². The van der Waals surface area contributed by atoms with Crippen LogP contribution >= 0.6 is 11.6 Å². The summed E-state index contributed by atoms with van der Waals surface area (Å²) in [5.74, 6) is -1.29. The summed E-state index contributed by atoms with van der Waals surface area (Å²) in [7, 11) is 0. The molecule has 2 amide bonds. The van der Waals surface area contributed by atoms with Gasteiger partial charge in [0.2, 0.25) is 0 Å². The quantitative estimate of drug-likeness (QED) is 0.817. The van der Waals surface area contributed by atoms with Crippen molar-refractivity contribution in [2.75, 3.05) is 0 Å². The van der Waals surface area contributed by atoms with Crippen LogP contribution in [0.2, 0.25) is 5.02 Å². The van der Waals surface area contributed by atoms with Gasteiger partial charge in [-0.05, 0) is 67.6 Å². The summed E-state index contributed by atoms with van der Waals surface area (Å²) in [5, 5.41) is 6.00. The molecule has 0 aliphatic heterocycles. The van der Waals surface area contributed by atoms with Crippen molar-refractivity contribution in [2.45, 2.75) is 40.3 Å². The Morgan fingerprint density at radius 1 is 0.960 bits per heavy atom. The number of carbonyl (C=O) groups excluding carboxylic acids is 2. The zero-order valence-corrected chi connectivity index (χ0v) is 15.7. The molecule has 0 aliphatic rings. The molecule has 132 valence electrons. The molecule has 2 aromatic rings. The van der Waals surface area contributed by atoms with Gasteiger partial charge in [-0.25, -0.2) is 0 Å². The average Bonchev–Trinajstić information content (AvgIpc) is 2.57. The van der Waals surface area contributed by atoms with E-state index in [2.05, 4.69) is 29.7 Å². The van der Waals surface area contributed by atoms with Gasteiger partial charge in [0.1, 0.15) is 0 Å². The van der Waals surface area contributed by atoms with Gasteiger partial charge in [-0.1, -0.05) is 35.9 Å². The largest absolute Gasteiger partial charge is 0.344 e. The second kappa shape index (κ2) is 8.17. The number of halogens is 1. The highest BCUT2D eigenvalue weighted by molar-refractivity contribution is 6.35. The van der Waals surface area contributed by atoms with E-state index in [9.17, 15) is 9.59 Å². The van der Waals surface area contributed by atoms with Crippen LogP contribution in [0.15, 0.2) is 36.4 Å². The normalized spacial score (nSPS) is 11.7. The molecule has 0 heterocycles. The summed E-state index contributed by atoms with van der Waals surface area (Å²) in [5.41, 5.74) is 5.36. The Kier molecular flexibility index (Phi) is 6.21. The van der Waals surface area contributed by atoms with Crippen molar-refractivity contribution in [3.05, 3.63) is 69.2 Å². The second-order valence-corrected chi connectivity index (χ2v) is 6.73. The Hall–Kier alpha value is -2.33. The van der Waals surface area contributed by atoms with Crippen molar-refractivity contribution in [3.8, 4) is 0 Å². The summed E-state index contributed by atoms with van der Waals surface area (Å²) in [4.78, 5) is 24.1. The maximum Gasteiger partial charge on any atom is 0.309 e. The Bertz CT molecular complexity index is 785. The third kappa shape index (κ3) is 5.07. The van der Waals surface area contributed by atoms with E-state index in [1.54, 1.807) is 12.1 Å². The monoisotopic (exact) mass is 358 g/mol. The van der Waals surface area contributed by atoms with Gasteiger partial charge in [-0.3, -0.25) is 9.59 Å². The summed E-state index contributed by atoms with van der Waals surface area (Å²) in [6.07, 6.45) is 0. The minimum Gasteiger partial charge on any atom is -0.344 e. The zero-order valence-electron chi connectivity index (χ0n) is 14.9. The number of nitrogens with one attached hydrogen (secondary N) is 2. The van der Waals surface area contributed by atoms with Crippen molar-refractivity contribution in [1.29, 1.82) is 0 Å². The van der Waals surface area contributed by atoms with Gasteiger partial charge < -0.3 is 10.6 Å². The first-order valence-corrected chi connectivity index (χ1v) is 8.56. The molecular formula is C20H23ClN2O2. The van der Waals surface area contributed by atoms with E-state index in [0.717, 1.165) is 22.3 Å². The molecule has 4 nitrogen and oxygen atoms in total. The Labute approximate surface area is 153 Å². The molecule has 5 heteroatoms. The molecule has 0 radical (unpaired) electrons. The average molecular weight is 359 g/mol. The summed E-state index contributed by atoms with van der Waals surface area (Å²) < 4.78 is 0. The van der Waals surface area contributed by atoms with Gasteiger partial charge in [0.05, 0.1) is 6.04 Å². The van der Waals surface area contributed by atoms with E-state index in [1.165, 1.54) is 5.56 Å². The highest BCUT2D eigenvalue weighted by atomic mass is 35.5. The topological polar surface area (TPSA) is 58.2 Å². The summed E-state index contributed by atoms with van der Waals surface area (Å²) in [6.45, 7) is 8.25. The predicted octanol–water partition coefficient (Wildman–Crippen LogP) is 3.76. The highest BCUT2D eigenvalue weighted by Crippen LogP contribution is 2.21. The minimum atomic E-state index is -0.650. The van der Waals surface area contributed by atoms with Crippen molar-refractivity contribution in [2.24, 2.45) is 0 Å². The van der Waals surface area contributed by atoms with Crippen LogP contribution < -0.4 is 10.6 Å². The van der Waals surface area contributed by atoms with Crippen molar-refractivity contribution in [1.82, 2.24) is 10.6 Å². The third-order valence-electron chi connectivity index (χ3n) is 4.27. The molecule has 2 rings (SSSR count). The van der Waals surface area contributed by atoms with Crippen LogP contribution in [0.1, 0.15) is 40.8 Å². The summed E-state index contributed by atoms with van der Waals surface area (Å²) >= 11 is 5.82. The lowest BCUT2D eigenvalue weighted by Gasteiger charge is -2.18. The fraction of sp³-hybridized carbons (Fsp3) is 0.300. The minimum absolute atomic E-state index is 0.243. The molecule has 2 N–H and O–H groups in total. The fourth-order valence-corrected chi connectivity index (χ4v) is 2.78. The van der Waals surface area contributed by atoms with E-state index in [1.807, 2.05) is 32.9 Å². The Morgan fingerprint density at radius 2 is 1.56 bits per heavy atom. The molecule has 0 saturated carbocycles. The molecule has 0 fully saturated rings. The molecule has 1 atom stereocenters. The Morgan fingerprint density at radius 3 is 2.20 bits per heavy atom. The lowest BCUT2D eigenvalue weighted by molar-refractivity contribution is -0.139. The molecule has 25 heavy (non-hydrogen) atoms. The maximum atomic E-state index is 12.1. The molecule has 0 bridgehead atoms. The summed E-state index contributed by atoms with van der Waals surface area (Å²) in [6, 6.07) is 11.0. The number of hydrogen-bond donors (Lipinski definition) is 2.